The number of amides is 1. The SMILES string of the molecule is O=C(c1ccco1)N1CCN(C(=S)Nc2ccc(Cl)c(Cl)c2)CC1. The number of halogens is 2. The van der Waals surface area contributed by atoms with E-state index in [1.807, 2.05) is 11.0 Å². The van der Waals surface area contributed by atoms with E-state index >= 15 is 0 Å². The molecule has 1 aliphatic heterocycles. The van der Waals surface area contributed by atoms with Gasteiger partial charge in [-0.05, 0) is 42.5 Å². The fourth-order valence-electron chi connectivity index (χ4n) is 2.45. The Morgan fingerprint density at radius 2 is 1.79 bits per heavy atom. The van der Waals surface area contributed by atoms with Crippen LogP contribution in [0.4, 0.5) is 5.69 Å². The van der Waals surface area contributed by atoms with Crippen molar-refractivity contribution in [2.24, 2.45) is 0 Å². The van der Waals surface area contributed by atoms with Crippen LogP contribution in [0.3, 0.4) is 0 Å². The number of anilines is 1. The predicted octanol–water partition coefficient (Wildman–Crippen LogP) is 3.74. The van der Waals surface area contributed by atoms with E-state index in [0.29, 0.717) is 47.1 Å². The molecule has 0 spiro atoms. The van der Waals surface area contributed by atoms with Crippen LogP contribution in [0.15, 0.2) is 41.0 Å². The fourth-order valence-corrected chi connectivity index (χ4v) is 3.04. The number of hydrogen-bond acceptors (Lipinski definition) is 3. The molecule has 2 aromatic rings. The van der Waals surface area contributed by atoms with Crippen molar-refractivity contribution in [3.8, 4) is 0 Å². The summed E-state index contributed by atoms with van der Waals surface area (Å²) in [5, 5.41) is 4.71. The molecular formula is C16H15Cl2N3O2S. The molecule has 8 heteroatoms. The molecule has 126 valence electrons. The van der Waals surface area contributed by atoms with E-state index in [-0.39, 0.29) is 5.91 Å². The van der Waals surface area contributed by atoms with Gasteiger partial charge in [0, 0.05) is 31.9 Å². The molecule has 0 radical (unpaired) electrons. The highest BCUT2D eigenvalue weighted by Gasteiger charge is 2.24. The van der Waals surface area contributed by atoms with E-state index in [0.717, 1.165) is 5.69 Å². The standard InChI is InChI=1S/C16H15Cl2N3O2S/c17-12-4-3-11(10-13(12)18)19-16(24)21-7-5-20(6-8-21)15(22)14-2-1-9-23-14/h1-4,9-10H,5-8H2,(H,19,24). The molecule has 1 aromatic carbocycles. The van der Waals surface area contributed by atoms with E-state index in [2.05, 4.69) is 5.32 Å². The number of carbonyl (C=O) groups excluding carboxylic acids is 1. The second-order valence-electron chi connectivity index (χ2n) is 5.32. The van der Waals surface area contributed by atoms with Gasteiger partial charge in [-0.25, -0.2) is 0 Å². The number of piperazine rings is 1. The Hall–Kier alpha value is -1.76. The zero-order valence-electron chi connectivity index (χ0n) is 12.7. The van der Waals surface area contributed by atoms with Crippen molar-refractivity contribution >= 4 is 52.1 Å². The Morgan fingerprint density at radius 1 is 1.08 bits per heavy atom. The third-order valence-electron chi connectivity index (χ3n) is 3.76. The highest BCUT2D eigenvalue weighted by Crippen LogP contribution is 2.25. The summed E-state index contributed by atoms with van der Waals surface area (Å²) >= 11 is 17.3. The Kier molecular flexibility index (Phi) is 5.28. The van der Waals surface area contributed by atoms with Gasteiger partial charge in [0.25, 0.3) is 5.91 Å². The third-order valence-corrected chi connectivity index (χ3v) is 4.86. The van der Waals surface area contributed by atoms with E-state index in [9.17, 15) is 4.79 Å². The Morgan fingerprint density at radius 3 is 2.42 bits per heavy atom. The molecule has 1 aliphatic rings. The van der Waals surface area contributed by atoms with Crippen LogP contribution in [-0.4, -0.2) is 47.0 Å². The molecule has 2 heterocycles. The third kappa shape index (κ3) is 3.83. The summed E-state index contributed by atoms with van der Waals surface area (Å²) in [6.45, 7) is 2.48. The maximum Gasteiger partial charge on any atom is 0.289 e. The Labute approximate surface area is 155 Å². The summed E-state index contributed by atoms with van der Waals surface area (Å²) < 4.78 is 5.16. The number of carbonyl (C=O) groups is 1. The van der Waals surface area contributed by atoms with Gasteiger partial charge in [0.15, 0.2) is 10.9 Å². The van der Waals surface area contributed by atoms with Crippen molar-refractivity contribution in [1.82, 2.24) is 9.80 Å². The lowest BCUT2D eigenvalue weighted by Gasteiger charge is -2.35. The van der Waals surface area contributed by atoms with Crippen molar-refractivity contribution < 1.29 is 9.21 Å². The maximum atomic E-state index is 12.2. The molecule has 24 heavy (non-hydrogen) atoms. The molecule has 1 N–H and O–H groups in total. The monoisotopic (exact) mass is 383 g/mol. The summed E-state index contributed by atoms with van der Waals surface area (Å²) in [6.07, 6.45) is 1.50. The van der Waals surface area contributed by atoms with Crippen molar-refractivity contribution in [1.29, 1.82) is 0 Å². The second-order valence-corrected chi connectivity index (χ2v) is 6.52. The van der Waals surface area contributed by atoms with Crippen LogP contribution in [0, 0.1) is 0 Å². The van der Waals surface area contributed by atoms with Crippen LogP contribution in [0.5, 0.6) is 0 Å². The van der Waals surface area contributed by atoms with Gasteiger partial charge >= 0.3 is 0 Å². The Balaban J connectivity index is 1.55. The van der Waals surface area contributed by atoms with Gasteiger partial charge in [-0.15, -0.1) is 0 Å². The average Bonchev–Trinajstić information content (AvgIpc) is 3.12. The second kappa shape index (κ2) is 7.42. The van der Waals surface area contributed by atoms with E-state index in [1.165, 1.54) is 6.26 Å². The van der Waals surface area contributed by atoms with E-state index in [4.69, 9.17) is 39.8 Å². The first-order valence-corrected chi connectivity index (χ1v) is 8.55. The molecule has 1 fully saturated rings. The van der Waals surface area contributed by atoms with Gasteiger partial charge in [-0.1, -0.05) is 23.2 Å². The number of nitrogens with one attached hydrogen (secondary N) is 1. The van der Waals surface area contributed by atoms with Crippen molar-refractivity contribution in [2.75, 3.05) is 31.5 Å². The number of rotatable bonds is 2. The van der Waals surface area contributed by atoms with Gasteiger partial charge < -0.3 is 19.5 Å². The van der Waals surface area contributed by atoms with Crippen molar-refractivity contribution in [2.45, 2.75) is 0 Å². The van der Waals surface area contributed by atoms with Gasteiger partial charge in [0.2, 0.25) is 0 Å². The first kappa shape index (κ1) is 17.1. The summed E-state index contributed by atoms with van der Waals surface area (Å²) in [5.74, 6) is 0.267. The molecule has 0 unspecified atom stereocenters. The largest absolute Gasteiger partial charge is 0.459 e. The average molecular weight is 384 g/mol. The van der Waals surface area contributed by atoms with Gasteiger partial charge in [-0.3, -0.25) is 4.79 Å². The van der Waals surface area contributed by atoms with Gasteiger partial charge in [-0.2, -0.15) is 0 Å². The van der Waals surface area contributed by atoms with Crippen molar-refractivity contribution in [3.63, 3.8) is 0 Å². The molecule has 0 bridgehead atoms. The molecule has 0 atom stereocenters. The molecule has 5 nitrogen and oxygen atoms in total. The molecular weight excluding hydrogens is 369 g/mol. The van der Waals surface area contributed by atoms with E-state index in [1.54, 1.807) is 29.2 Å². The molecule has 1 aromatic heterocycles. The first-order chi connectivity index (χ1) is 11.5. The van der Waals surface area contributed by atoms with Crippen molar-refractivity contribution in [3.05, 3.63) is 52.4 Å². The minimum atomic E-state index is -0.0944. The molecule has 1 saturated heterocycles. The van der Waals surface area contributed by atoms with Crippen LogP contribution in [-0.2, 0) is 0 Å². The molecule has 0 aliphatic carbocycles. The van der Waals surface area contributed by atoms with Crippen LogP contribution >= 0.6 is 35.4 Å². The zero-order valence-corrected chi connectivity index (χ0v) is 15.0. The molecule has 0 saturated carbocycles. The summed E-state index contributed by atoms with van der Waals surface area (Å²) in [5.41, 5.74) is 0.781. The number of furan rings is 1. The first-order valence-electron chi connectivity index (χ1n) is 7.38. The van der Waals surface area contributed by atoms with Crippen LogP contribution in [0.25, 0.3) is 0 Å². The normalized spacial score (nSPS) is 14.6. The lowest BCUT2D eigenvalue weighted by molar-refractivity contribution is 0.0661. The maximum absolute atomic E-state index is 12.2. The van der Waals surface area contributed by atoms with Crippen LogP contribution < -0.4 is 5.32 Å². The molecule has 1 amide bonds. The minimum absolute atomic E-state index is 0.0944. The highest BCUT2D eigenvalue weighted by molar-refractivity contribution is 7.80. The molecule has 3 rings (SSSR count). The topological polar surface area (TPSA) is 48.7 Å². The van der Waals surface area contributed by atoms with Crippen LogP contribution in [0.2, 0.25) is 10.0 Å². The van der Waals surface area contributed by atoms with Gasteiger partial charge in [0.1, 0.15) is 0 Å². The summed E-state index contributed by atoms with van der Waals surface area (Å²) in [7, 11) is 0. The quantitative estimate of drug-likeness (QED) is 0.800. The predicted molar refractivity (Wildman–Crippen MR) is 98.9 cm³/mol. The lowest BCUT2D eigenvalue weighted by atomic mass is 10.3. The fraction of sp³-hybridized carbons (Fsp3) is 0.250. The summed E-state index contributed by atoms with van der Waals surface area (Å²) in [4.78, 5) is 16.0. The zero-order chi connectivity index (χ0) is 17.1. The number of thiocarbonyl (C=S) groups is 1. The van der Waals surface area contributed by atoms with Gasteiger partial charge in [0.05, 0.1) is 16.3 Å². The number of benzene rings is 1. The number of hydrogen-bond donors (Lipinski definition) is 1. The number of nitrogens with zero attached hydrogens (tertiary/aromatic N) is 2. The van der Waals surface area contributed by atoms with E-state index < -0.39 is 0 Å². The van der Waals surface area contributed by atoms with Crippen LogP contribution in [0.1, 0.15) is 10.6 Å². The minimum Gasteiger partial charge on any atom is -0.459 e. The summed E-state index contributed by atoms with van der Waals surface area (Å²) in [6, 6.07) is 8.64. The smallest absolute Gasteiger partial charge is 0.289 e. The lowest BCUT2D eigenvalue weighted by Crippen LogP contribution is -2.51. The highest BCUT2D eigenvalue weighted by atomic mass is 35.5. The Bertz CT molecular complexity index is 744.